The Bertz CT molecular complexity index is 3250. The van der Waals surface area contributed by atoms with Gasteiger partial charge in [0.05, 0.1) is 22.4 Å². The minimum atomic E-state index is 0.865. The maximum absolute atomic E-state index is 6.34. The largest absolute Gasteiger partial charge is 0.456 e. The zero-order chi connectivity index (χ0) is 37.0. The summed E-state index contributed by atoms with van der Waals surface area (Å²) in [5.74, 6) is 0. The number of benzene rings is 9. The topological polar surface area (TPSA) is 42.2 Å². The Morgan fingerprint density at radius 2 is 0.946 bits per heavy atom. The number of fused-ring (bicyclic) bond motifs is 8. The molecule has 11 rings (SSSR count). The molecule has 0 bridgehead atoms. The molecule has 0 atom stereocenters. The zero-order valence-corrected chi connectivity index (χ0v) is 30.3. The van der Waals surface area contributed by atoms with Crippen molar-refractivity contribution in [2.75, 3.05) is 4.90 Å². The molecule has 9 aromatic carbocycles. The molecule has 2 heterocycles. The Labute approximate surface area is 323 Å². The van der Waals surface area contributed by atoms with Crippen LogP contribution in [0.25, 0.3) is 88.2 Å². The van der Waals surface area contributed by atoms with Crippen LogP contribution in [0.15, 0.2) is 205 Å². The van der Waals surface area contributed by atoms with Crippen LogP contribution in [-0.4, -0.2) is 9.97 Å². The maximum Gasteiger partial charge on any atom is 0.137 e. The van der Waals surface area contributed by atoms with E-state index in [9.17, 15) is 0 Å². The smallest absolute Gasteiger partial charge is 0.137 e. The lowest BCUT2D eigenvalue weighted by Crippen LogP contribution is -2.09. The summed E-state index contributed by atoms with van der Waals surface area (Å²) in [7, 11) is 0. The van der Waals surface area contributed by atoms with E-state index in [1.807, 2.05) is 24.3 Å². The molecule has 0 radical (unpaired) electrons. The van der Waals surface area contributed by atoms with Crippen molar-refractivity contribution in [3.05, 3.63) is 200 Å². The van der Waals surface area contributed by atoms with Gasteiger partial charge in [0.25, 0.3) is 0 Å². The van der Waals surface area contributed by atoms with Crippen LogP contribution in [0.5, 0.6) is 0 Å². The first-order chi connectivity index (χ1) is 27.7. The van der Waals surface area contributed by atoms with Gasteiger partial charge in [-0.2, -0.15) is 0 Å². The molecule has 0 N–H and O–H groups in total. The number of anilines is 3. The van der Waals surface area contributed by atoms with Crippen molar-refractivity contribution in [2.24, 2.45) is 0 Å². The van der Waals surface area contributed by atoms with E-state index in [0.29, 0.717) is 0 Å². The number of aromatic nitrogens is 2. The number of rotatable bonds is 6. The van der Waals surface area contributed by atoms with Gasteiger partial charge in [-0.3, -0.25) is 0 Å². The molecule has 0 unspecified atom stereocenters. The Balaban J connectivity index is 1.08. The molecule has 0 spiro atoms. The van der Waals surface area contributed by atoms with Gasteiger partial charge >= 0.3 is 0 Å². The molecular weight excluding hydrogens is 683 g/mol. The Hall–Kier alpha value is -7.56. The molecule has 4 heteroatoms. The normalized spacial score (nSPS) is 11.6. The van der Waals surface area contributed by atoms with E-state index < -0.39 is 0 Å². The first kappa shape index (κ1) is 31.9. The summed E-state index contributed by atoms with van der Waals surface area (Å²) >= 11 is 0. The summed E-state index contributed by atoms with van der Waals surface area (Å²) in [5.41, 5.74) is 12.8. The lowest BCUT2D eigenvalue weighted by molar-refractivity contribution is 0.669. The van der Waals surface area contributed by atoms with Crippen LogP contribution in [0.1, 0.15) is 0 Å². The number of furan rings is 1. The van der Waals surface area contributed by atoms with Crippen molar-refractivity contribution in [3.63, 3.8) is 0 Å². The summed E-state index contributed by atoms with van der Waals surface area (Å²) in [6, 6.07) is 70.2. The average Bonchev–Trinajstić information content (AvgIpc) is 3.65. The highest BCUT2D eigenvalue weighted by Gasteiger charge is 2.18. The van der Waals surface area contributed by atoms with Crippen LogP contribution in [0, 0.1) is 0 Å². The van der Waals surface area contributed by atoms with E-state index in [4.69, 9.17) is 14.4 Å². The fraction of sp³-hybridized carbons (Fsp3) is 0. The zero-order valence-electron chi connectivity index (χ0n) is 30.3. The maximum atomic E-state index is 6.34. The van der Waals surface area contributed by atoms with E-state index in [-0.39, 0.29) is 0 Å². The van der Waals surface area contributed by atoms with Crippen LogP contribution in [-0.2, 0) is 0 Å². The Kier molecular flexibility index (Phi) is 7.46. The second-order valence-electron chi connectivity index (χ2n) is 14.2. The van der Waals surface area contributed by atoms with Gasteiger partial charge in [-0.25, -0.2) is 9.97 Å². The summed E-state index contributed by atoms with van der Waals surface area (Å²) in [4.78, 5) is 13.1. The first-order valence-corrected chi connectivity index (χ1v) is 18.9. The predicted molar refractivity (Wildman–Crippen MR) is 233 cm³/mol. The molecule has 0 aliphatic rings. The monoisotopic (exact) mass is 715 g/mol. The first-order valence-electron chi connectivity index (χ1n) is 18.9. The highest BCUT2D eigenvalue weighted by Crippen LogP contribution is 2.41. The van der Waals surface area contributed by atoms with E-state index in [0.717, 1.165) is 105 Å². The molecule has 0 saturated carbocycles. The van der Waals surface area contributed by atoms with Crippen LogP contribution in [0.3, 0.4) is 0 Å². The lowest BCUT2D eigenvalue weighted by Gasteiger charge is -2.26. The molecule has 0 aliphatic carbocycles. The minimum Gasteiger partial charge on any atom is -0.456 e. The van der Waals surface area contributed by atoms with Gasteiger partial charge in [-0.15, -0.1) is 0 Å². The molecule has 2 aromatic heterocycles. The molecular formula is C52H33N3O. The third-order valence-electron chi connectivity index (χ3n) is 10.8. The average molecular weight is 716 g/mol. The number of nitrogens with zero attached hydrogens (tertiary/aromatic N) is 3. The molecule has 0 fully saturated rings. The van der Waals surface area contributed by atoms with E-state index in [1.165, 1.54) is 0 Å². The van der Waals surface area contributed by atoms with Crippen LogP contribution in [0.2, 0.25) is 0 Å². The van der Waals surface area contributed by atoms with Gasteiger partial charge in [0.1, 0.15) is 11.2 Å². The number of hydrogen-bond acceptors (Lipinski definition) is 4. The molecule has 11 aromatic rings. The van der Waals surface area contributed by atoms with Crippen LogP contribution in [0.4, 0.5) is 17.1 Å². The van der Waals surface area contributed by atoms with Gasteiger partial charge < -0.3 is 9.32 Å². The summed E-state index contributed by atoms with van der Waals surface area (Å²) in [6.07, 6.45) is 0. The molecule has 56 heavy (non-hydrogen) atoms. The summed E-state index contributed by atoms with van der Waals surface area (Å²) < 4.78 is 6.34. The second-order valence-corrected chi connectivity index (χ2v) is 14.2. The summed E-state index contributed by atoms with van der Waals surface area (Å²) in [5, 5.41) is 6.77. The van der Waals surface area contributed by atoms with E-state index in [2.05, 4.69) is 181 Å². The third kappa shape index (κ3) is 5.39. The van der Waals surface area contributed by atoms with E-state index >= 15 is 0 Å². The third-order valence-corrected chi connectivity index (χ3v) is 10.8. The van der Waals surface area contributed by atoms with Crippen molar-refractivity contribution in [2.45, 2.75) is 0 Å². The predicted octanol–water partition coefficient (Wildman–Crippen LogP) is 14.3. The standard InChI is InChI=1S/C52H33N3O/c1-4-13-36(14-5-1)50-51(37-15-6-2-7-16-37)54-52-46(53-50)30-27-35-25-23-34-24-26-39(32-45(34)49(35)52)38-17-12-20-41(31-38)55(40-18-8-3-9-19-40)42-28-29-44-43-21-10-11-22-47(43)56-48(44)33-42/h1-33H. The van der Waals surface area contributed by atoms with Crippen molar-refractivity contribution in [1.29, 1.82) is 0 Å². The number of para-hydroxylation sites is 2. The Morgan fingerprint density at radius 3 is 1.75 bits per heavy atom. The fourth-order valence-electron chi connectivity index (χ4n) is 8.13. The highest BCUT2D eigenvalue weighted by atomic mass is 16.3. The van der Waals surface area contributed by atoms with Crippen LogP contribution >= 0.6 is 0 Å². The molecule has 4 nitrogen and oxygen atoms in total. The van der Waals surface area contributed by atoms with Gasteiger partial charge in [0, 0.05) is 50.4 Å². The molecule has 0 aliphatic heterocycles. The Morgan fingerprint density at radius 1 is 0.357 bits per heavy atom. The van der Waals surface area contributed by atoms with Gasteiger partial charge in [0.2, 0.25) is 0 Å². The SMILES string of the molecule is c1ccc(-c2nc3ccc4ccc5ccc(-c6cccc(N(c7ccccc7)c7ccc8c(c7)oc7ccccc78)c6)cc5c4c3nc2-c2ccccc2)cc1. The van der Waals surface area contributed by atoms with Crippen LogP contribution < -0.4 is 4.90 Å². The van der Waals surface area contributed by atoms with Crippen molar-refractivity contribution < 1.29 is 4.42 Å². The van der Waals surface area contributed by atoms with Gasteiger partial charge in [-0.1, -0.05) is 140 Å². The van der Waals surface area contributed by atoms with Crippen molar-refractivity contribution in [1.82, 2.24) is 9.97 Å². The molecule has 0 saturated heterocycles. The quantitative estimate of drug-likeness (QED) is 0.161. The molecule has 0 amide bonds. The minimum absolute atomic E-state index is 0.865. The van der Waals surface area contributed by atoms with E-state index in [1.54, 1.807) is 0 Å². The summed E-state index contributed by atoms with van der Waals surface area (Å²) in [6.45, 7) is 0. The fourth-order valence-corrected chi connectivity index (χ4v) is 8.13. The van der Waals surface area contributed by atoms with Crippen molar-refractivity contribution >= 4 is 71.6 Å². The van der Waals surface area contributed by atoms with Gasteiger partial charge in [-0.05, 0) is 81.9 Å². The highest BCUT2D eigenvalue weighted by molar-refractivity contribution is 6.19. The lowest BCUT2D eigenvalue weighted by atomic mass is 9.95. The molecule has 262 valence electrons. The second kappa shape index (κ2) is 13.1. The van der Waals surface area contributed by atoms with Gasteiger partial charge in [0.15, 0.2) is 0 Å². The van der Waals surface area contributed by atoms with Crippen molar-refractivity contribution in [3.8, 4) is 33.6 Å². The number of hydrogen-bond donors (Lipinski definition) is 0.